The van der Waals surface area contributed by atoms with Crippen LogP contribution in [0.25, 0.3) is 0 Å². The van der Waals surface area contributed by atoms with Gasteiger partial charge in [-0.25, -0.2) is 14.4 Å². The highest BCUT2D eigenvalue weighted by Crippen LogP contribution is 2.48. The molecule has 5 nitrogen and oxygen atoms in total. The third kappa shape index (κ3) is 5.36. The van der Waals surface area contributed by atoms with Gasteiger partial charge in [0.1, 0.15) is 18.0 Å². The molecule has 0 fully saturated rings. The number of carbonyl (C=O) groups is 2. The molecule has 0 spiro atoms. The molecular weight excluding hydrogens is 463 g/mol. The lowest BCUT2D eigenvalue weighted by Crippen LogP contribution is -2.50. The Morgan fingerprint density at radius 1 is 1.18 bits per heavy atom. The van der Waals surface area contributed by atoms with Crippen LogP contribution < -0.4 is 10.2 Å². The van der Waals surface area contributed by atoms with Gasteiger partial charge in [-0.1, -0.05) is 30.7 Å². The Labute approximate surface area is 202 Å². The third-order valence-electron chi connectivity index (χ3n) is 5.91. The van der Waals surface area contributed by atoms with Gasteiger partial charge in [0.25, 0.3) is 0 Å². The van der Waals surface area contributed by atoms with E-state index in [1.165, 1.54) is 12.1 Å². The standard InChI is InChI=1S/C25H32ClFN2O3S/c1-6-23(30)28-15-25(21-14-19(27)9-7-17(21)2)20-10-8-18(26)13-22(20)29(24(25)31)16-32-11-12-33(3,4)5/h7-10,13-14H,6,11-12,15-16H2,1-5H3,(H,28,30). The van der Waals surface area contributed by atoms with Crippen molar-refractivity contribution in [2.24, 2.45) is 0 Å². The zero-order chi connectivity index (χ0) is 24.4. The third-order valence-corrected chi connectivity index (χ3v) is 7.54. The number of anilines is 1. The van der Waals surface area contributed by atoms with Gasteiger partial charge in [0, 0.05) is 23.7 Å². The topological polar surface area (TPSA) is 58.6 Å². The van der Waals surface area contributed by atoms with Crippen molar-refractivity contribution in [3.8, 4) is 0 Å². The van der Waals surface area contributed by atoms with Crippen LogP contribution in [0.1, 0.15) is 30.0 Å². The second kappa shape index (κ2) is 10.0. The molecule has 2 aromatic rings. The maximum absolute atomic E-state index is 14.4. The van der Waals surface area contributed by atoms with Gasteiger partial charge in [-0.05, 0) is 66.6 Å². The summed E-state index contributed by atoms with van der Waals surface area (Å²) in [5, 5.41) is 3.36. The number of halogens is 2. The van der Waals surface area contributed by atoms with Gasteiger partial charge in [0.05, 0.1) is 12.3 Å². The molecule has 0 saturated heterocycles. The highest BCUT2D eigenvalue weighted by molar-refractivity contribution is 8.32. The van der Waals surface area contributed by atoms with Crippen LogP contribution in [0, 0.1) is 12.7 Å². The number of nitrogens with one attached hydrogen (secondary N) is 1. The molecule has 0 bridgehead atoms. The molecule has 0 saturated carbocycles. The van der Waals surface area contributed by atoms with Crippen molar-refractivity contribution in [3.63, 3.8) is 0 Å². The number of hydrogen-bond donors (Lipinski definition) is 1. The van der Waals surface area contributed by atoms with Crippen molar-refractivity contribution in [1.82, 2.24) is 5.32 Å². The van der Waals surface area contributed by atoms with E-state index < -0.39 is 21.3 Å². The number of aryl methyl sites for hydroxylation is 1. The number of carbonyl (C=O) groups excluding carboxylic acids is 2. The molecule has 1 heterocycles. The lowest BCUT2D eigenvalue weighted by atomic mass is 9.73. The molecule has 33 heavy (non-hydrogen) atoms. The van der Waals surface area contributed by atoms with E-state index >= 15 is 0 Å². The van der Waals surface area contributed by atoms with Crippen molar-refractivity contribution >= 4 is 39.1 Å². The zero-order valence-corrected chi connectivity index (χ0v) is 21.4. The molecule has 180 valence electrons. The van der Waals surface area contributed by atoms with Crippen LogP contribution in [0.3, 0.4) is 0 Å². The smallest absolute Gasteiger partial charge is 0.245 e. The molecule has 1 atom stereocenters. The van der Waals surface area contributed by atoms with Crippen molar-refractivity contribution < 1.29 is 18.7 Å². The molecule has 2 amide bonds. The van der Waals surface area contributed by atoms with Crippen molar-refractivity contribution in [3.05, 3.63) is 63.9 Å². The summed E-state index contributed by atoms with van der Waals surface area (Å²) in [6.45, 7) is 4.18. The minimum atomic E-state index is -1.28. The van der Waals surface area contributed by atoms with Crippen LogP contribution in [0.15, 0.2) is 36.4 Å². The Morgan fingerprint density at radius 3 is 2.58 bits per heavy atom. The molecule has 8 heteroatoms. The van der Waals surface area contributed by atoms with E-state index in [9.17, 15) is 14.0 Å². The maximum atomic E-state index is 14.4. The van der Waals surface area contributed by atoms with E-state index in [2.05, 4.69) is 24.1 Å². The molecule has 0 radical (unpaired) electrons. The van der Waals surface area contributed by atoms with Crippen LogP contribution in [0.5, 0.6) is 0 Å². The fourth-order valence-corrected chi connectivity index (χ4v) is 4.86. The van der Waals surface area contributed by atoms with E-state index in [0.717, 1.165) is 11.3 Å². The van der Waals surface area contributed by atoms with Gasteiger partial charge >= 0.3 is 0 Å². The zero-order valence-electron chi connectivity index (χ0n) is 19.8. The second-order valence-electron chi connectivity index (χ2n) is 9.22. The van der Waals surface area contributed by atoms with Gasteiger partial charge in [-0.3, -0.25) is 14.5 Å². The van der Waals surface area contributed by atoms with Crippen molar-refractivity contribution in [1.29, 1.82) is 0 Å². The minimum absolute atomic E-state index is 0.0140. The van der Waals surface area contributed by atoms with Gasteiger partial charge in [-0.2, -0.15) is 0 Å². The average molecular weight is 495 g/mol. The molecular formula is C25H32ClFN2O3S. The molecule has 2 aromatic carbocycles. The Morgan fingerprint density at radius 2 is 1.91 bits per heavy atom. The Kier molecular flexibility index (Phi) is 7.76. The summed E-state index contributed by atoms with van der Waals surface area (Å²) in [4.78, 5) is 27.8. The summed E-state index contributed by atoms with van der Waals surface area (Å²) < 4.78 is 20.3. The van der Waals surface area contributed by atoms with E-state index in [0.29, 0.717) is 28.4 Å². The second-order valence-corrected chi connectivity index (χ2v) is 14.2. The average Bonchev–Trinajstić information content (AvgIpc) is 2.98. The van der Waals surface area contributed by atoms with Gasteiger partial charge < -0.3 is 10.1 Å². The monoisotopic (exact) mass is 494 g/mol. The minimum Gasteiger partial charge on any atom is -0.360 e. The molecule has 1 unspecified atom stereocenters. The highest BCUT2D eigenvalue weighted by Gasteiger charge is 2.53. The summed E-state index contributed by atoms with van der Waals surface area (Å²) in [5.41, 5.74) is 1.29. The first-order chi connectivity index (χ1) is 15.5. The maximum Gasteiger partial charge on any atom is 0.245 e. The van der Waals surface area contributed by atoms with Crippen LogP contribution >= 0.6 is 21.6 Å². The summed E-state index contributed by atoms with van der Waals surface area (Å²) >= 11 is 6.30. The molecule has 3 rings (SSSR count). The first-order valence-electron chi connectivity index (χ1n) is 10.9. The lowest BCUT2D eigenvalue weighted by molar-refractivity contribution is -0.124. The van der Waals surface area contributed by atoms with Crippen LogP contribution in [0.2, 0.25) is 5.02 Å². The molecule has 0 aliphatic carbocycles. The Hall–Kier alpha value is -2.09. The van der Waals surface area contributed by atoms with E-state index in [1.807, 2.05) is 6.92 Å². The first kappa shape index (κ1) is 25.5. The molecule has 0 aromatic heterocycles. The predicted octanol–water partition coefficient (Wildman–Crippen LogP) is 4.61. The van der Waals surface area contributed by atoms with Crippen LogP contribution in [-0.2, 0) is 19.7 Å². The number of amides is 2. The van der Waals surface area contributed by atoms with Gasteiger partial charge in [0.2, 0.25) is 11.8 Å². The van der Waals surface area contributed by atoms with Crippen molar-refractivity contribution in [2.75, 3.05) is 49.3 Å². The van der Waals surface area contributed by atoms with E-state index in [-0.39, 0.29) is 31.5 Å². The number of benzene rings is 2. The fourth-order valence-electron chi connectivity index (χ4n) is 4.07. The normalized spacial score (nSPS) is 18.4. The summed E-state index contributed by atoms with van der Waals surface area (Å²) in [6.07, 6.45) is 6.91. The number of fused-ring (bicyclic) bond motifs is 1. The van der Waals surface area contributed by atoms with Crippen LogP contribution in [-0.4, -0.2) is 56.2 Å². The number of ether oxygens (including phenoxy) is 1. The van der Waals surface area contributed by atoms with Gasteiger partial charge in [-0.15, -0.1) is 0 Å². The van der Waals surface area contributed by atoms with Gasteiger partial charge in [0.15, 0.2) is 0 Å². The predicted molar refractivity (Wildman–Crippen MR) is 135 cm³/mol. The quantitative estimate of drug-likeness (QED) is 0.518. The summed E-state index contributed by atoms with van der Waals surface area (Å²) in [7, 11) is -0.737. The van der Waals surface area contributed by atoms with E-state index in [1.54, 1.807) is 36.1 Å². The lowest BCUT2D eigenvalue weighted by Gasteiger charge is -2.31. The fraction of sp³-hybridized carbons (Fsp3) is 0.440. The van der Waals surface area contributed by atoms with Crippen LogP contribution in [0.4, 0.5) is 10.1 Å². The van der Waals surface area contributed by atoms with E-state index in [4.69, 9.17) is 16.3 Å². The number of nitrogens with zero attached hydrogens (tertiary/aromatic N) is 1. The Bertz CT molecular complexity index is 1060. The molecule has 1 aliphatic heterocycles. The summed E-state index contributed by atoms with van der Waals surface area (Å²) in [6, 6.07) is 9.64. The Balaban J connectivity index is 2.09. The molecule has 1 aliphatic rings. The molecule has 1 N–H and O–H groups in total. The van der Waals surface area contributed by atoms with Crippen molar-refractivity contribution in [2.45, 2.75) is 25.7 Å². The highest BCUT2D eigenvalue weighted by atomic mass is 35.5. The number of rotatable bonds is 9. The SMILES string of the molecule is CCC(=O)NCC1(c2cc(F)ccc2C)C(=O)N(COCCS(C)(C)C)c2cc(Cl)ccc21. The largest absolute Gasteiger partial charge is 0.360 e. The number of hydrogen-bond acceptors (Lipinski definition) is 3. The summed E-state index contributed by atoms with van der Waals surface area (Å²) in [5.74, 6) is 0.0172. The first-order valence-corrected chi connectivity index (χ1v) is 14.3.